The normalized spacial score (nSPS) is 10.1. The summed E-state index contributed by atoms with van der Waals surface area (Å²) < 4.78 is 11.2. The van der Waals surface area contributed by atoms with Gasteiger partial charge >= 0.3 is 12.0 Å². The zero-order chi connectivity index (χ0) is 14.5. The maximum atomic E-state index is 10.8. The number of aliphatic carboxylic acids is 1. The molecule has 1 heterocycles. The second kappa shape index (κ2) is 6.33. The number of methoxy groups -OCH3 is 1. The molecule has 20 heavy (non-hydrogen) atoms. The Kier molecular flexibility index (Phi) is 4.52. The summed E-state index contributed by atoms with van der Waals surface area (Å²) in [6.45, 7) is 0. The molecular formula is C13H11BrN2O4. The van der Waals surface area contributed by atoms with Crippen LogP contribution in [0.25, 0.3) is 0 Å². The molecule has 0 radical (unpaired) electrons. The Labute approximate surface area is 123 Å². The molecule has 6 nitrogen and oxygen atoms in total. The lowest BCUT2D eigenvalue weighted by Crippen LogP contribution is -2.03. The third-order valence-corrected chi connectivity index (χ3v) is 2.94. The minimum atomic E-state index is -0.935. The van der Waals surface area contributed by atoms with Gasteiger partial charge < -0.3 is 14.6 Å². The van der Waals surface area contributed by atoms with Gasteiger partial charge in [-0.2, -0.15) is 4.98 Å². The Morgan fingerprint density at radius 1 is 1.40 bits per heavy atom. The third kappa shape index (κ3) is 3.45. The van der Waals surface area contributed by atoms with Crippen LogP contribution in [0, 0.1) is 0 Å². The van der Waals surface area contributed by atoms with Crippen molar-refractivity contribution >= 4 is 21.9 Å². The number of hydrogen-bond acceptors (Lipinski definition) is 5. The van der Waals surface area contributed by atoms with Crippen LogP contribution in [0.2, 0.25) is 0 Å². The molecule has 0 atom stereocenters. The first-order valence-corrected chi connectivity index (χ1v) is 6.43. The molecule has 0 saturated heterocycles. The fraction of sp³-hybridized carbons (Fsp3) is 0.154. The molecule has 0 amide bonds. The number of carboxylic acid groups (broad SMARTS) is 1. The molecule has 2 aromatic rings. The van der Waals surface area contributed by atoms with Gasteiger partial charge in [-0.05, 0) is 22.0 Å². The van der Waals surface area contributed by atoms with Crippen molar-refractivity contribution in [2.75, 3.05) is 7.11 Å². The molecule has 0 spiro atoms. The van der Waals surface area contributed by atoms with Crippen molar-refractivity contribution in [2.24, 2.45) is 0 Å². The van der Waals surface area contributed by atoms with Gasteiger partial charge in [0.2, 0.25) is 5.88 Å². The first-order chi connectivity index (χ1) is 9.60. The second-order valence-corrected chi connectivity index (χ2v) is 4.64. The van der Waals surface area contributed by atoms with Gasteiger partial charge in [0.1, 0.15) is 5.75 Å². The number of ether oxygens (including phenoxy) is 2. The topological polar surface area (TPSA) is 81.5 Å². The minimum absolute atomic E-state index is 0.0860. The Morgan fingerprint density at radius 2 is 2.15 bits per heavy atom. The molecule has 2 rings (SSSR count). The highest BCUT2D eigenvalue weighted by atomic mass is 79.9. The summed E-state index contributed by atoms with van der Waals surface area (Å²) >= 11 is 3.24. The van der Waals surface area contributed by atoms with E-state index in [1.165, 1.54) is 13.3 Å². The van der Waals surface area contributed by atoms with E-state index in [1.54, 1.807) is 24.3 Å². The number of benzene rings is 1. The largest absolute Gasteiger partial charge is 0.481 e. The molecule has 0 aliphatic heterocycles. The lowest BCUT2D eigenvalue weighted by atomic mass is 10.1. The van der Waals surface area contributed by atoms with E-state index in [2.05, 4.69) is 25.9 Å². The lowest BCUT2D eigenvalue weighted by Gasteiger charge is -2.09. The summed E-state index contributed by atoms with van der Waals surface area (Å²) in [7, 11) is 1.48. The van der Waals surface area contributed by atoms with Crippen molar-refractivity contribution in [3.05, 3.63) is 40.5 Å². The number of nitrogens with zero attached hydrogens (tertiary/aromatic N) is 2. The number of halogens is 1. The maximum absolute atomic E-state index is 10.8. The molecule has 0 bridgehead atoms. The monoisotopic (exact) mass is 338 g/mol. The van der Waals surface area contributed by atoms with Gasteiger partial charge in [0.05, 0.1) is 24.2 Å². The molecule has 7 heteroatoms. The van der Waals surface area contributed by atoms with Gasteiger partial charge in [-0.15, -0.1) is 0 Å². The average molecular weight is 339 g/mol. The molecule has 0 unspecified atom stereocenters. The molecule has 0 aliphatic rings. The van der Waals surface area contributed by atoms with Crippen LogP contribution in [0.3, 0.4) is 0 Å². The number of carbonyl (C=O) groups is 1. The van der Waals surface area contributed by atoms with E-state index in [9.17, 15) is 4.79 Å². The quantitative estimate of drug-likeness (QED) is 0.902. The fourth-order valence-electron chi connectivity index (χ4n) is 1.54. The first kappa shape index (κ1) is 14.3. The van der Waals surface area contributed by atoms with Crippen molar-refractivity contribution in [3.63, 3.8) is 0 Å². The van der Waals surface area contributed by atoms with Crippen molar-refractivity contribution < 1.29 is 19.4 Å². The average Bonchev–Trinajstić information content (AvgIpc) is 2.42. The zero-order valence-corrected chi connectivity index (χ0v) is 12.1. The van der Waals surface area contributed by atoms with E-state index in [4.69, 9.17) is 14.6 Å². The van der Waals surface area contributed by atoms with Crippen LogP contribution in [0.15, 0.2) is 34.9 Å². The van der Waals surface area contributed by atoms with Gasteiger partial charge in [0.15, 0.2) is 0 Å². The molecule has 0 fully saturated rings. The number of aromatic nitrogens is 2. The van der Waals surface area contributed by atoms with E-state index < -0.39 is 5.97 Å². The minimum Gasteiger partial charge on any atom is -0.481 e. The summed E-state index contributed by atoms with van der Waals surface area (Å²) in [5, 5.41) is 8.86. The van der Waals surface area contributed by atoms with E-state index in [0.29, 0.717) is 21.7 Å². The second-order valence-electron chi connectivity index (χ2n) is 3.79. The van der Waals surface area contributed by atoms with Crippen molar-refractivity contribution in [1.29, 1.82) is 0 Å². The van der Waals surface area contributed by atoms with Crippen LogP contribution in [0.1, 0.15) is 5.56 Å². The van der Waals surface area contributed by atoms with Crippen LogP contribution in [0.4, 0.5) is 0 Å². The Bertz CT molecular complexity index is 634. The Balaban J connectivity index is 2.28. The number of para-hydroxylation sites is 1. The highest BCUT2D eigenvalue weighted by Crippen LogP contribution is 2.27. The summed E-state index contributed by atoms with van der Waals surface area (Å²) in [4.78, 5) is 18.9. The van der Waals surface area contributed by atoms with Crippen LogP contribution < -0.4 is 9.47 Å². The van der Waals surface area contributed by atoms with E-state index in [-0.39, 0.29) is 12.4 Å². The molecule has 104 valence electrons. The first-order valence-electron chi connectivity index (χ1n) is 5.64. The third-order valence-electron chi connectivity index (χ3n) is 2.40. The SMILES string of the molecule is COc1nc(Oc2ccccc2CC(=O)O)ncc1Br. The van der Waals surface area contributed by atoms with Crippen molar-refractivity contribution in [2.45, 2.75) is 6.42 Å². The van der Waals surface area contributed by atoms with Crippen molar-refractivity contribution in [1.82, 2.24) is 9.97 Å². The van der Waals surface area contributed by atoms with Gasteiger partial charge in [0.25, 0.3) is 0 Å². The summed E-state index contributed by atoms with van der Waals surface area (Å²) in [5.74, 6) is -0.194. The van der Waals surface area contributed by atoms with Gasteiger partial charge in [0, 0.05) is 5.56 Å². The zero-order valence-electron chi connectivity index (χ0n) is 10.5. The van der Waals surface area contributed by atoms with E-state index >= 15 is 0 Å². The fourth-order valence-corrected chi connectivity index (χ4v) is 1.89. The molecule has 0 saturated carbocycles. The highest BCUT2D eigenvalue weighted by Gasteiger charge is 2.11. The predicted octanol–water partition coefficient (Wildman–Crippen LogP) is 2.67. The molecule has 1 aromatic heterocycles. The van der Waals surface area contributed by atoms with Crippen LogP contribution in [-0.4, -0.2) is 28.2 Å². The van der Waals surface area contributed by atoms with Crippen molar-refractivity contribution in [3.8, 4) is 17.6 Å². The smallest absolute Gasteiger partial charge is 0.325 e. The van der Waals surface area contributed by atoms with Crippen LogP contribution in [-0.2, 0) is 11.2 Å². The van der Waals surface area contributed by atoms with Gasteiger partial charge in [-0.1, -0.05) is 18.2 Å². The number of hydrogen-bond donors (Lipinski definition) is 1. The Morgan fingerprint density at radius 3 is 2.85 bits per heavy atom. The Hall–Kier alpha value is -2.15. The summed E-state index contributed by atoms with van der Waals surface area (Å²) in [6, 6.07) is 6.92. The number of carboxylic acids is 1. The van der Waals surface area contributed by atoms with Crippen LogP contribution >= 0.6 is 15.9 Å². The lowest BCUT2D eigenvalue weighted by molar-refractivity contribution is -0.136. The van der Waals surface area contributed by atoms with E-state index in [0.717, 1.165) is 0 Å². The molecule has 1 N–H and O–H groups in total. The highest BCUT2D eigenvalue weighted by molar-refractivity contribution is 9.10. The van der Waals surface area contributed by atoms with E-state index in [1.807, 2.05) is 0 Å². The predicted molar refractivity (Wildman–Crippen MR) is 74.1 cm³/mol. The molecule has 1 aromatic carbocycles. The molecule has 0 aliphatic carbocycles. The van der Waals surface area contributed by atoms with Gasteiger partial charge in [-0.25, -0.2) is 4.98 Å². The standard InChI is InChI=1S/C13H11BrN2O4/c1-19-12-9(14)7-15-13(16-12)20-10-5-3-2-4-8(10)6-11(17)18/h2-5,7H,6H2,1H3,(H,17,18). The summed E-state index contributed by atoms with van der Waals surface area (Å²) in [5.41, 5.74) is 0.547. The summed E-state index contributed by atoms with van der Waals surface area (Å²) in [6.07, 6.45) is 1.37. The van der Waals surface area contributed by atoms with Crippen LogP contribution in [0.5, 0.6) is 17.6 Å². The molecular weight excluding hydrogens is 328 g/mol. The van der Waals surface area contributed by atoms with Gasteiger partial charge in [-0.3, -0.25) is 4.79 Å². The number of rotatable bonds is 5. The maximum Gasteiger partial charge on any atom is 0.325 e.